The highest BCUT2D eigenvalue weighted by Gasteiger charge is 2.28. The zero-order chi connectivity index (χ0) is 23.7. The van der Waals surface area contributed by atoms with E-state index in [0.29, 0.717) is 18.7 Å². The Morgan fingerprint density at radius 3 is 2.50 bits per heavy atom. The lowest BCUT2D eigenvalue weighted by atomic mass is 9.91. The molecular formula is C28H29FN4O. The second-order valence-corrected chi connectivity index (χ2v) is 9.05. The van der Waals surface area contributed by atoms with Gasteiger partial charge in [-0.2, -0.15) is 0 Å². The zero-order valence-electron chi connectivity index (χ0n) is 19.6. The number of amides is 1. The maximum absolute atomic E-state index is 14.9. The van der Waals surface area contributed by atoms with E-state index in [1.165, 1.54) is 17.3 Å². The standard InChI is InChI=1S/C28H29FN4O/c1-20-11-12-33-26(19-30-27(33)17-20)23(22-8-4-5-9-24(22)29)18-28(34)32-15-13-31(14-16-32)25-10-6-3-7-21(25)2/h3-12,17,19,23H,13-16,18H2,1-2H3. The van der Waals surface area contributed by atoms with Crippen LogP contribution in [0.4, 0.5) is 10.1 Å². The minimum absolute atomic E-state index is 0.0414. The maximum atomic E-state index is 14.9. The molecule has 1 atom stereocenters. The molecule has 0 aliphatic carbocycles. The zero-order valence-corrected chi connectivity index (χ0v) is 19.6. The minimum Gasteiger partial charge on any atom is -0.368 e. The van der Waals surface area contributed by atoms with Crippen LogP contribution in [0.25, 0.3) is 5.65 Å². The van der Waals surface area contributed by atoms with Gasteiger partial charge in [-0.15, -0.1) is 0 Å². The summed E-state index contributed by atoms with van der Waals surface area (Å²) in [5, 5.41) is 0. The molecule has 1 aliphatic rings. The van der Waals surface area contributed by atoms with Crippen molar-refractivity contribution >= 4 is 17.2 Å². The van der Waals surface area contributed by atoms with Crippen molar-refractivity contribution in [1.82, 2.24) is 14.3 Å². The highest BCUT2D eigenvalue weighted by Crippen LogP contribution is 2.32. The van der Waals surface area contributed by atoms with Crippen molar-refractivity contribution in [3.8, 4) is 0 Å². The molecule has 1 unspecified atom stereocenters. The van der Waals surface area contributed by atoms with Crippen molar-refractivity contribution in [3.05, 3.63) is 101 Å². The molecular weight excluding hydrogens is 427 g/mol. The maximum Gasteiger partial charge on any atom is 0.223 e. The van der Waals surface area contributed by atoms with Crippen molar-refractivity contribution < 1.29 is 9.18 Å². The average molecular weight is 457 g/mol. The number of imidazole rings is 1. The van der Waals surface area contributed by atoms with Crippen LogP contribution < -0.4 is 4.90 Å². The average Bonchev–Trinajstić information content (AvgIpc) is 3.26. The Bertz CT molecular complexity index is 1320. The Balaban J connectivity index is 1.38. The van der Waals surface area contributed by atoms with E-state index in [-0.39, 0.29) is 18.1 Å². The first kappa shape index (κ1) is 22.1. The summed E-state index contributed by atoms with van der Waals surface area (Å²) in [4.78, 5) is 22.2. The third-order valence-electron chi connectivity index (χ3n) is 6.80. The Morgan fingerprint density at radius 1 is 1.00 bits per heavy atom. The summed E-state index contributed by atoms with van der Waals surface area (Å²) in [5.41, 5.74) is 5.72. The number of nitrogens with zero attached hydrogens (tertiary/aromatic N) is 4. The summed E-state index contributed by atoms with van der Waals surface area (Å²) in [6.45, 7) is 7.02. The minimum atomic E-state index is -0.416. The molecule has 1 saturated heterocycles. The number of benzene rings is 2. The van der Waals surface area contributed by atoms with Crippen LogP contribution in [0, 0.1) is 19.7 Å². The highest BCUT2D eigenvalue weighted by molar-refractivity contribution is 5.78. The summed E-state index contributed by atoms with van der Waals surface area (Å²) in [7, 11) is 0. The van der Waals surface area contributed by atoms with E-state index in [9.17, 15) is 9.18 Å². The predicted molar refractivity (Wildman–Crippen MR) is 133 cm³/mol. The molecule has 1 amide bonds. The lowest BCUT2D eigenvalue weighted by Crippen LogP contribution is -2.49. The molecule has 1 aliphatic heterocycles. The van der Waals surface area contributed by atoms with Crippen LogP contribution in [-0.2, 0) is 4.79 Å². The Morgan fingerprint density at radius 2 is 1.74 bits per heavy atom. The van der Waals surface area contributed by atoms with E-state index in [1.54, 1.807) is 18.3 Å². The number of rotatable bonds is 5. The summed E-state index contributed by atoms with van der Waals surface area (Å²) in [5.74, 6) is -0.674. The molecule has 0 spiro atoms. The topological polar surface area (TPSA) is 40.9 Å². The molecule has 3 heterocycles. The van der Waals surface area contributed by atoms with Crippen molar-refractivity contribution in [1.29, 1.82) is 0 Å². The first-order valence-electron chi connectivity index (χ1n) is 11.8. The number of aromatic nitrogens is 2. The quantitative estimate of drug-likeness (QED) is 0.426. The molecule has 4 aromatic rings. The van der Waals surface area contributed by atoms with Gasteiger partial charge in [0.15, 0.2) is 0 Å². The van der Waals surface area contributed by atoms with Crippen LogP contribution in [0.5, 0.6) is 0 Å². The largest absolute Gasteiger partial charge is 0.368 e. The number of para-hydroxylation sites is 1. The first-order valence-corrected chi connectivity index (χ1v) is 11.8. The van der Waals surface area contributed by atoms with Crippen LogP contribution in [0.15, 0.2) is 73.1 Å². The molecule has 0 bridgehead atoms. The number of piperazine rings is 1. The van der Waals surface area contributed by atoms with Crippen molar-refractivity contribution in [2.24, 2.45) is 0 Å². The number of carbonyl (C=O) groups excluding carboxylic acids is 1. The Labute approximate surface area is 199 Å². The Kier molecular flexibility index (Phi) is 6.05. The van der Waals surface area contributed by atoms with Crippen LogP contribution in [0.1, 0.15) is 34.7 Å². The van der Waals surface area contributed by atoms with Gasteiger partial charge in [-0.3, -0.25) is 4.79 Å². The molecule has 0 radical (unpaired) electrons. The number of fused-ring (bicyclic) bond motifs is 1. The van der Waals surface area contributed by atoms with Crippen LogP contribution in [0.2, 0.25) is 0 Å². The second kappa shape index (κ2) is 9.29. The first-order chi connectivity index (χ1) is 16.5. The monoisotopic (exact) mass is 456 g/mol. The summed E-state index contributed by atoms with van der Waals surface area (Å²) in [6, 6.07) is 19.1. The van der Waals surface area contributed by atoms with Gasteiger partial charge in [-0.1, -0.05) is 36.4 Å². The number of carbonyl (C=O) groups is 1. The van der Waals surface area contributed by atoms with Crippen molar-refractivity contribution in [3.63, 3.8) is 0 Å². The van der Waals surface area contributed by atoms with Gasteiger partial charge in [-0.05, 0) is 54.8 Å². The molecule has 2 aromatic carbocycles. The molecule has 174 valence electrons. The fourth-order valence-electron chi connectivity index (χ4n) is 4.91. The molecule has 2 aromatic heterocycles. The smallest absolute Gasteiger partial charge is 0.223 e. The van der Waals surface area contributed by atoms with Gasteiger partial charge in [-0.25, -0.2) is 9.37 Å². The van der Waals surface area contributed by atoms with Crippen LogP contribution in [-0.4, -0.2) is 46.4 Å². The van der Waals surface area contributed by atoms with Gasteiger partial charge >= 0.3 is 0 Å². The van der Waals surface area contributed by atoms with Crippen LogP contribution in [0.3, 0.4) is 0 Å². The van der Waals surface area contributed by atoms with Crippen molar-refractivity contribution in [2.45, 2.75) is 26.2 Å². The van der Waals surface area contributed by atoms with Gasteiger partial charge in [0.2, 0.25) is 5.91 Å². The molecule has 5 rings (SSSR count). The number of halogens is 1. The highest BCUT2D eigenvalue weighted by atomic mass is 19.1. The lowest BCUT2D eigenvalue weighted by Gasteiger charge is -2.37. The molecule has 0 N–H and O–H groups in total. The van der Waals surface area contributed by atoms with Gasteiger partial charge in [0.25, 0.3) is 0 Å². The van der Waals surface area contributed by atoms with E-state index in [0.717, 1.165) is 30.0 Å². The Hall–Kier alpha value is -3.67. The predicted octanol–water partition coefficient (Wildman–Crippen LogP) is 4.96. The third kappa shape index (κ3) is 4.28. The number of hydrogen-bond acceptors (Lipinski definition) is 3. The van der Waals surface area contributed by atoms with E-state index in [4.69, 9.17) is 0 Å². The fraction of sp³-hybridized carbons (Fsp3) is 0.286. The van der Waals surface area contributed by atoms with Gasteiger partial charge < -0.3 is 14.2 Å². The summed E-state index contributed by atoms with van der Waals surface area (Å²) in [6.07, 6.45) is 3.93. The number of aryl methyl sites for hydroxylation is 2. The molecule has 5 nitrogen and oxygen atoms in total. The van der Waals surface area contributed by atoms with E-state index >= 15 is 0 Å². The number of hydrogen-bond donors (Lipinski definition) is 0. The number of anilines is 1. The number of pyridine rings is 1. The van der Waals surface area contributed by atoms with E-state index in [2.05, 4.69) is 35.0 Å². The molecule has 6 heteroatoms. The van der Waals surface area contributed by atoms with Crippen molar-refractivity contribution in [2.75, 3.05) is 31.1 Å². The summed E-state index contributed by atoms with van der Waals surface area (Å²) >= 11 is 0. The van der Waals surface area contributed by atoms with Gasteiger partial charge in [0.1, 0.15) is 11.5 Å². The normalized spacial score (nSPS) is 15.0. The SMILES string of the molecule is Cc1ccn2c(C(CC(=O)N3CCN(c4ccccc4C)CC3)c3ccccc3F)cnc2c1. The third-order valence-corrected chi connectivity index (χ3v) is 6.80. The fourth-order valence-corrected chi connectivity index (χ4v) is 4.91. The van der Waals surface area contributed by atoms with E-state index < -0.39 is 5.92 Å². The summed E-state index contributed by atoms with van der Waals surface area (Å²) < 4.78 is 16.9. The lowest BCUT2D eigenvalue weighted by molar-refractivity contribution is -0.131. The van der Waals surface area contributed by atoms with E-state index in [1.807, 2.05) is 46.7 Å². The molecule has 1 fully saturated rings. The molecule has 34 heavy (non-hydrogen) atoms. The van der Waals surface area contributed by atoms with Crippen LogP contribution >= 0.6 is 0 Å². The van der Waals surface area contributed by atoms with Gasteiger partial charge in [0, 0.05) is 56.6 Å². The second-order valence-electron chi connectivity index (χ2n) is 9.05. The van der Waals surface area contributed by atoms with Gasteiger partial charge in [0.05, 0.1) is 5.69 Å². The molecule has 0 saturated carbocycles.